The fourth-order valence-corrected chi connectivity index (χ4v) is 7.34. The van der Waals surface area contributed by atoms with Crippen molar-refractivity contribution in [1.82, 2.24) is 0 Å². The Morgan fingerprint density at radius 2 is 1.26 bits per heavy atom. The lowest BCUT2D eigenvalue weighted by molar-refractivity contribution is -0.00183. The summed E-state index contributed by atoms with van der Waals surface area (Å²) in [5.41, 5.74) is 1.15. The summed E-state index contributed by atoms with van der Waals surface area (Å²) in [6.45, 7) is 4.97. The standard InChI is InChI=1S/C31H48F2O/c1-3-5-6-8-22-9-11-23(12-10-22)24-13-15-25(16-14-24)28-19-20-29(31(33)30(28)32)26-17-18-27(7-4-2)34-21-26/h19-20,22-27H,3-18,21H2,1-2H3. The van der Waals surface area contributed by atoms with Crippen LogP contribution in [0.15, 0.2) is 12.1 Å². The van der Waals surface area contributed by atoms with Crippen molar-refractivity contribution in [2.75, 3.05) is 6.61 Å². The molecule has 0 N–H and O–H groups in total. The van der Waals surface area contributed by atoms with Crippen molar-refractivity contribution in [2.45, 2.75) is 135 Å². The Balaban J connectivity index is 1.27. The van der Waals surface area contributed by atoms with E-state index in [1.165, 1.54) is 64.2 Å². The van der Waals surface area contributed by atoms with E-state index < -0.39 is 11.6 Å². The van der Waals surface area contributed by atoms with Gasteiger partial charge in [-0.1, -0.05) is 70.9 Å². The molecule has 3 heteroatoms. The summed E-state index contributed by atoms with van der Waals surface area (Å²) in [7, 11) is 0. The smallest absolute Gasteiger partial charge is 0.162 e. The lowest BCUT2D eigenvalue weighted by Gasteiger charge is -2.38. The molecule has 0 spiro atoms. The summed E-state index contributed by atoms with van der Waals surface area (Å²) in [6.07, 6.45) is 19.9. The van der Waals surface area contributed by atoms with Crippen LogP contribution in [0, 0.1) is 29.4 Å². The molecule has 0 bridgehead atoms. The number of rotatable bonds is 9. The maximum Gasteiger partial charge on any atom is 0.162 e. The Kier molecular flexibility index (Phi) is 9.86. The van der Waals surface area contributed by atoms with Gasteiger partial charge in [0.1, 0.15) is 0 Å². The molecular weight excluding hydrogens is 426 g/mol. The van der Waals surface area contributed by atoms with Crippen molar-refractivity contribution in [3.8, 4) is 0 Å². The second-order valence-electron chi connectivity index (χ2n) is 11.8. The number of ether oxygens (including phenoxy) is 1. The monoisotopic (exact) mass is 474 g/mol. The van der Waals surface area contributed by atoms with Gasteiger partial charge in [-0.3, -0.25) is 0 Å². The van der Waals surface area contributed by atoms with E-state index in [2.05, 4.69) is 13.8 Å². The molecule has 1 aliphatic heterocycles. The van der Waals surface area contributed by atoms with Crippen molar-refractivity contribution >= 4 is 0 Å². The third-order valence-electron chi connectivity index (χ3n) is 9.55. The predicted octanol–water partition coefficient (Wildman–Crippen LogP) is 9.69. The van der Waals surface area contributed by atoms with Crippen LogP contribution in [-0.4, -0.2) is 12.7 Å². The molecule has 3 fully saturated rings. The van der Waals surface area contributed by atoms with Gasteiger partial charge < -0.3 is 4.74 Å². The summed E-state index contributed by atoms with van der Waals surface area (Å²) in [5.74, 6) is 1.62. The first kappa shape index (κ1) is 26.1. The minimum atomic E-state index is -0.608. The number of benzene rings is 1. The minimum Gasteiger partial charge on any atom is -0.378 e. The zero-order chi connectivity index (χ0) is 23.9. The Morgan fingerprint density at radius 1 is 0.676 bits per heavy atom. The molecule has 4 rings (SSSR count). The van der Waals surface area contributed by atoms with E-state index >= 15 is 8.78 Å². The topological polar surface area (TPSA) is 9.23 Å². The van der Waals surface area contributed by atoms with E-state index in [1.54, 1.807) is 0 Å². The van der Waals surface area contributed by atoms with Crippen LogP contribution in [0.1, 0.15) is 140 Å². The average molecular weight is 475 g/mol. The molecule has 1 saturated heterocycles. The van der Waals surface area contributed by atoms with Crippen LogP contribution in [-0.2, 0) is 4.74 Å². The molecule has 2 aliphatic carbocycles. The van der Waals surface area contributed by atoms with Crippen molar-refractivity contribution in [2.24, 2.45) is 17.8 Å². The highest BCUT2D eigenvalue weighted by molar-refractivity contribution is 5.32. The summed E-state index contributed by atoms with van der Waals surface area (Å²) >= 11 is 0. The van der Waals surface area contributed by atoms with Gasteiger partial charge in [-0.15, -0.1) is 0 Å². The Labute approximate surface area is 207 Å². The molecule has 0 radical (unpaired) electrons. The molecule has 192 valence electrons. The van der Waals surface area contributed by atoms with Crippen LogP contribution in [0.2, 0.25) is 0 Å². The first-order chi connectivity index (χ1) is 16.6. The molecule has 34 heavy (non-hydrogen) atoms. The van der Waals surface area contributed by atoms with E-state index in [-0.39, 0.29) is 11.8 Å². The highest BCUT2D eigenvalue weighted by atomic mass is 19.2. The van der Waals surface area contributed by atoms with E-state index in [1.807, 2.05) is 12.1 Å². The van der Waals surface area contributed by atoms with Gasteiger partial charge >= 0.3 is 0 Å². The van der Waals surface area contributed by atoms with Gasteiger partial charge in [0.25, 0.3) is 0 Å². The average Bonchev–Trinajstić information content (AvgIpc) is 2.87. The zero-order valence-corrected chi connectivity index (χ0v) is 21.8. The summed E-state index contributed by atoms with van der Waals surface area (Å²) < 4.78 is 36.3. The van der Waals surface area contributed by atoms with Crippen LogP contribution < -0.4 is 0 Å². The SMILES string of the molecule is CCCCCC1CCC(C2CCC(c3ccc(C4CCC(CCC)OC4)c(F)c3F)CC2)CC1. The molecule has 0 amide bonds. The highest BCUT2D eigenvalue weighted by Crippen LogP contribution is 2.45. The molecule has 1 heterocycles. The van der Waals surface area contributed by atoms with Gasteiger partial charge in [-0.2, -0.15) is 0 Å². The largest absolute Gasteiger partial charge is 0.378 e. The Morgan fingerprint density at radius 3 is 1.82 bits per heavy atom. The molecular formula is C31H48F2O. The van der Waals surface area contributed by atoms with Crippen LogP contribution >= 0.6 is 0 Å². The van der Waals surface area contributed by atoms with Gasteiger partial charge in [0.2, 0.25) is 0 Å². The highest BCUT2D eigenvalue weighted by Gasteiger charge is 2.33. The van der Waals surface area contributed by atoms with Gasteiger partial charge in [-0.05, 0) is 92.6 Å². The summed E-state index contributed by atoms with van der Waals surface area (Å²) in [5, 5.41) is 0. The number of unbranched alkanes of at least 4 members (excludes halogenated alkanes) is 2. The molecule has 1 aromatic rings. The fraction of sp³-hybridized carbons (Fsp3) is 0.806. The van der Waals surface area contributed by atoms with Crippen molar-refractivity contribution < 1.29 is 13.5 Å². The first-order valence-electron chi connectivity index (χ1n) is 14.7. The van der Waals surface area contributed by atoms with E-state index in [4.69, 9.17) is 4.74 Å². The number of halogens is 2. The molecule has 3 aliphatic rings. The zero-order valence-electron chi connectivity index (χ0n) is 21.8. The van der Waals surface area contributed by atoms with Gasteiger partial charge in [0, 0.05) is 5.92 Å². The summed E-state index contributed by atoms with van der Waals surface area (Å²) in [6, 6.07) is 3.77. The van der Waals surface area contributed by atoms with Crippen molar-refractivity contribution in [3.63, 3.8) is 0 Å². The molecule has 1 aromatic carbocycles. The van der Waals surface area contributed by atoms with Gasteiger partial charge in [0.05, 0.1) is 12.7 Å². The summed E-state index contributed by atoms with van der Waals surface area (Å²) in [4.78, 5) is 0. The third kappa shape index (κ3) is 6.42. The molecule has 2 unspecified atom stereocenters. The second kappa shape index (κ2) is 12.8. The lowest BCUT2D eigenvalue weighted by atomic mass is 9.68. The van der Waals surface area contributed by atoms with Crippen molar-refractivity contribution in [3.05, 3.63) is 34.9 Å². The van der Waals surface area contributed by atoms with E-state index in [9.17, 15) is 0 Å². The Bertz CT molecular complexity index is 738. The predicted molar refractivity (Wildman–Crippen MR) is 137 cm³/mol. The van der Waals surface area contributed by atoms with E-state index in [0.29, 0.717) is 23.8 Å². The third-order valence-corrected chi connectivity index (χ3v) is 9.55. The quantitative estimate of drug-likeness (QED) is 0.324. The fourth-order valence-electron chi connectivity index (χ4n) is 7.34. The van der Waals surface area contributed by atoms with Crippen LogP contribution in [0.5, 0.6) is 0 Å². The number of hydrogen-bond acceptors (Lipinski definition) is 1. The van der Waals surface area contributed by atoms with E-state index in [0.717, 1.165) is 56.3 Å². The van der Waals surface area contributed by atoms with Crippen LogP contribution in [0.4, 0.5) is 8.78 Å². The van der Waals surface area contributed by atoms with Crippen LogP contribution in [0.25, 0.3) is 0 Å². The normalized spacial score (nSPS) is 32.6. The minimum absolute atomic E-state index is 0.00973. The van der Waals surface area contributed by atoms with Crippen molar-refractivity contribution in [1.29, 1.82) is 0 Å². The lowest BCUT2D eigenvalue weighted by Crippen LogP contribution is -2.26. The molecule has 0 aromatic heterocycles. The molecule has 1 nitrogen and oxygen atoms in total. The Hall–Kier alpha value is -0.960. The van der Waals surface area contributed by atoms with Gasteiger partial charge in [0.15, 0.2) is 11.6 Å². The first-order valence-corrected chi connectivity index (χ1v) is 14.7. The molecule has 2 saturated carbocycles. The maximum atomic E-state index is 15.2. The molecule has 2 atom stereocenters. The van der Waals surface area contributed by atoms with Gasteiger partial charge in [-0.25, -0.2) is 8.78 Å². The number of hydrogen-bond donors (Lipinski definition) is 0. The second-order valence-corrected chi connectivity index (χ2v) is 11.8. The maximum absolute atomic E-state index is 15.2. The van der Waals surface area contributed by atoms with Crippen LogP contribution in [0.3, 0.4) is 0 Å².